The summed E-state index contributed by atoms with van der Waals surface area (Å²) in [4.78, 5) is 0. The van der Waals surface area contributed by atoms with Gasteiger partial charge in [-0.2, -0.15) is 0 Å². The lowest BCUT2D eigenvalue weighted by atomic mass is 10.5. The molecule has 0 aromatic carbocycles. The van der Waals surface area contributed by atoms with E-state index in [4.69, 9.17) is 61.0 Å². The first kappa shape index (κ1) is 61.7. The molecule has 0 aliphatic rings. The fourth-order valence-electron chi connectivity index (χ4n) is 4.70. The summed E-state index contributed by atoms with van der Waals surface area (Å²) in [6.45, 7) is 25.6. The summed E-state index contributed by atoms with van der Waals surface area (Å²) in [5.41, 5.74) is 0. The van der Waals surface area contributed by atoms with Crippen molar-refractivity contribution in [1.82, 2.24) is 0 Å². The quantitative estimate of drug-likeness (QED) is 0.0354. The summed E-state index contributed by atoms with van der Waals surface area (Å²) in [6.07, 6.45) is 2.87. The van der Waals surface area contributed by atoms with Crippen LogP contribution < -0.4 is 0 Å². The van der Waals surface area contributed by atoms with Crippen LogP contribution in [0.25, 0.3) is 0 Å². The van der Waals surface area contributed by atoms with Crippen molar-refractivity contribution in [3.05, 3.63) is 0 Å². The van der Waals surface area contributed by atoms with E-state index < -0.39 is 25.0 Å². The topological polar surface area (TPSA) is 120 Å². The Hall–Kier alpha value is 0.0606. The number of rotatable bonds is 41. The van der Waals surface area contributed by atoms with Gasteiger partial charge in [0.15, 0.2) is 16.6 Å². The van der Waals surface area contributed by atoms with Gasteiger partial charge in [-0.1, -0.05) is 14.9 Å². The highest BCUT2D eigenvalue weighted by Gasteiger charge is 2.32. The monoisotopic (exact) mass is 857 g/mol. The van der Waals surface area contributed by atoms with Gasteiger partial charge in [0, 0.05) is 41.2 Å². The van der Waals surface area contributed by atoms with Crippen LogP contribution in [0.2, 0.25) is 57.4 Å². The highest BCUT2D eigenvalue weighted by Crippen LogP contribution is 2.23. The van der Waals surface area contributed by atoms with Gasteiger partial charge in [-0.15, -0.1) is 0 Å². The number of hydrogen-bond acceptors (Lipinski definition) is 13. The van der Waals surface area contributed by atoms with Crippen molar-refractivity contribution in [1.29, 1.82) is 0 Å². The molecule has 0 aliphatic carbocycles. The largest absolute Gasteiger partial charge is 0.455 e. The molecule has 0 heterocycles. The standard InChI is InChI=1S/C24H54O9Si2.C12H27FO4Si.2CH4/c1-25-11-13-29-19-21-31-17-15-27-9-7-23-34(3,4)33-35(5,6)24-8-10-28-16-18-32-22-20-30-14-12-26-2;1-14-6-7-16-10-11-17-9-8-15-5-4-12-18(2,3)13;;/h7-24H2,1-6H3;4-12H2,1-3H3;2*1H4. The maximum atomic E-state index is 13.2. The lowest BCUT2D eigenvalue weighted by Crippen LogP contribution is -2.44. The van der Waals surface area contributed by atoms with Crippen molar-refractivity contribution < 1.29 is 65.1 Å². The summed E-state index contributed by atoms with van der Waals surface area (Å²) in [7, 11) is -0.813. The van der Waals surface area contributed by atoms with Crippen molar-refractivity contribution >= 4 is 25.0 Å². The van der Waals surface area contributed by atoms with Gasteiger partial charge >= 0.3 is 0 Å². The minimum absolute atomic E-state index is 0. The lowest BCUT2D eigenvalue weighted by molar-refractivity contribution is 0.00366. The van der Waals surface area contributed by atoms with Crippen molar-refractivity contribution in [3.63, 3.8) is 0 Å². The molecule has 0 aromatic heterocycles. The average molecular weight is 857 g/mol. The second kappa shape index (κ2) is 45.2. The fraction of sp³-hybridized carbons (Fsp3) is 1.00. The summed E-state index contributed by atoms with van der Waals surface area (Å²) >= 11 is 0. The van der Waals surface area contributed by atoms with Crippen LogP contribution in [0.4, 0.5) is 4.11 Å². The predicted molar refractivity (Wildman–Crippen MR) is 229 cm³/mol. The molecule has 0 bridgehead atoms. The molecule has 0 fully saturated rings. The van der Waals surface area contributed by atoms with Gasteiger partial charge in [-0.05, 0) is 76.7 Å². The Morgan fingerprint density at radius 1 is 0.309 bits per heavy atom. The van der Waals surface area contributed by atoms with Gasteiger partial charge in [-0.3, -0.25) is 0 Å². The fourth-order valence-corrected chi connectivity index (χ4v) is 14.5. The van der Waals surface area contributed by atoms with Crippen molar-refractivity contribution in [2.75, 3.05) is 160 Å². The molecule has 0 N–H and O–H groups in total. The zero-order valence-electron chi connectivity index (χ0n) is 35.3. The van der Waals surface area contributed by atoms with Crippen molar-refractivity contribution in [2.45, 2.75) is 91.5 Å². The summed E-state index contributed by atoms with van der Waals surface area (Å²) in [5.74, 6) is 0. The van der Waals surface area contributed by atoms with Gasteiger partial charge in [0.1, 0.15) is 0 Å². The molecule has 0 spiro atoms. The summed E-state index contributed by atoms with van der Waals surface area (Å²) < 4.78 is 83.6. The van der Waals surface area contributed by atoms with E-state index >= 15 is 0 Å². The van der Waals surface area contributed by atoms with E-state index in [0.29, 0.717) is 132 Å². The third kappa shape index (κ3) is 56.2. The molecule has 0 aromatic rings. The molecule has 13 nitrogen and oxygen atoms in total. The molecular weight excluding hydrogens is 768 g/mol. The van der Waals surface area contributed by atoms with Crippen LogP contribution in [-0.2, 0) is 61.0 Å². The van der Waals surface area contributed by atoms with Crippen LogP contribution in [-0.4, -0.2) is 185 Å². The molecule has 0 radical (unpaired) electrons. The van der Waals surface area contributed by atoms with Crippen LogP contribution in [0.1, 0.15) is 34.1 Å². The molecule has 0 unspecified atom stereocenters. The summed E-state index contributed by atoms with van der Waals surface area (Å²) in [6, 6.07) is 2.89. The molecular formula is C38H89FO13Si3. The van der Waals surface area contributed by atoms with Crippen molar-refractivity contribution in [2.24, 2.45) is 0 Å². The minimum atomic E-state index is -2.39. The van der Waals surface area contributed by atoms with Crippen LogP contribution in [0.15, 0.2) is 0 Å². The minimum Gasteiger partial charge on any atom is -0.455 e. The molecule has 0 rings (SSSR count). The van der Waals surface area contributed by atoms with E-state index in [1.165, 1.54) is 0 Å². The van der Waals surface area contributed by atoms with E-state index in [1.807, 2.05) is 0 Å². The highest BCUT2D eigenvalue weighted by molar-refractivity contribution is 6.84. The molecule has 17 heteroatoms. The van der Waals surface area contributed by atoms with E-state index in [1.54, 1.807) is 34.4 Å². The molecule has 0 saturated heterocycles. The van der Waals surface area contributed by atoms with Gasteiger partial charge < -0.3 is 65.1 Å². The molecule has 338 valence electrons. The number of methoxy groups -OCH3 is 3. The van der Waals surface area contributed by atoms with Crippen LogP contribution in [0.3, 0.4) is 0 Å². The molecule has 0 amide bonds. The van der Waals surface area contributed by atoms with E-state index in [-0.39, 0.29) is 14.9 Å². The van der Waals surface area contributed by atoms with Crippen LogP contribution >= 0.6 is 0 Å². The Labute approximate surface area is 340 Å². The Balaban J connectivity index is -0.000000551. The van der Waals surface area contributed by atoms with E-state index in [2.05, 4.69) is 26.2 Å². The second-order valence-corrected chi connectivity index (χ2v) is 26.9. The first-order valence-corrected chi connectivity index (χ1v) is 28.8. The second-order valence-electron chi connectivity index (χ2n) is 14.1. The zero-order valence-corrected chi connectivity index (χ0v) is 38.3. The number of ether oxygens (including phenoxy) is 12. The predicted octanol–water partition coefficient (Wildman–Crippen LogP) is 7.11. The Kier molecular flexibility index (Phi) is 50.7. The van der Waals surface area contributed by atoms with Crippen LogP contribution in [0, 0.1) is 0 Å². The highest BCUT2D eigenvalue weighted by atomic mass is 28.4. The normalized spacial score (nSPS) is 11.9. The maximum absolute atomic E-state index is 13.2. The third-order valence-electron chi connectivity index (χ3n) is 7.27. The SMILES string of the molecule is C.C.COCCOCCOCCOCCC[Si](C)(C)F.COCCOCCOCCOCCC[Si](C)(C)O[Si](C)(C)CCCOCCOCCOCCOC. The van der Waals surface area contributed by atoms with Crippen molar-refractivity contribution in [3.8, 4) is 0 Å². The van der Waals surface area contributed by atoms with Gasteiger partial charge in [-0.25, -0.2) is 0 Å². The Morgan fingerprint density at radius 2 is 0.509 bits per heavy atom. The van der Waals surface area contributed by atoms with Gasteiger partial charge in [0.25, 0.3) is 0 Å². The Bertz CT molecular complexity index is 690. The Morgan fingerprint density at radius 3 is 0.727 bits per heavy atom. The number of halogens is 1. The summed E-state index contributed by atoms with van der Waals surface area (Å²) in [5, 5.41) is 0. The maximum Gasteiger partial charge on any atom is 0.241 e. The number of hydrogen-bond donors (Lipinski definition) is 0. The van der Waals surface area contributed by atoms with E-state index in [0.717, 1.165) is 44.6 Å². The molecule has 0 atom stereocenters. The molecule has 0 aliphatic heterocycles. The average Bonchev–Trinajstić information content (AvgIpc) is 3.09. The molecule has 0 saturated carbocycles. The smallest absolute Gasteiger partial charge is 0.241 e. The van der Waals surface area contributed by atoms with Gasteiger partial charge in [0.05, 0.1) is 119 Å². The first-order chi connectivity index (χ1) is 25.4. The first-order valence-electron chi connectivity index (χ1n) is 19.4. The van der Waals surface area contributed by atoms with Gasteiger partial charge in [0.2, 0.25) is 8.41 Å². The van der Waals surface area contributed by atoms with E-state index in [9.17, 15) is 4.11 Å². The molecule has 55 heavy (non-hydrogen) atoms. The van der Waals surface area contributed by atoms with Crippen LogP contribution in [0.5, 0.6) is 0 Å². The zero-order chi connectivity index (χ0) is 39.8. The third-order valence-corrected chi connectivity index (χ3v) is 16.4. The lowest BCUT2D eigenvalue weighted by Gasteiger charge is -2.34.